The number of carbonyl (C=O) groups is 1. The van der Waals surface area contributed by atoms with E-state index in [1.165, 1.54) is 0 Å². The second kappa shape index (κ2) is 6.08. The summed E-state index contributed by atoms with van der Waals surface area (Å²) >= 11 is 0. The first-order valence-corrected chi connectivity index (χ1v) is 5.77. The van der Waals surface area contributed by atoms with Crippen LogP contribution in [-0.2, 0) is 4.79 Å². The van der Waals surface area contributed by atoms with Gasteiger partial charge in [-0.3, -0.25) is 4.79 Å². The molecular weight excluding hydrogens is 194 g/mol. The average molecular weight is 215 g/mol. The van der Waals surface area contributed by atoms with Crippen LogP contribution in [0.2, 0.25) is 0 Å². The van der Waals surface area contributed by atoms with Crippen LogP contribution in [-0.4, -0.2) is 34.9 Å². The molecule has 0 radical (unpaired) electrons. The van der Waals surface area contributed by atoms with Gasteiger partial charge in [-0.05, 0) is 25.7 Å². The van der Waals surface area contributed by atoms with Crippen LogP contribution in [0.5, 0.6) is 0 Å². The molecule has 1 saturated carbocycles. The summed E-state index contributed by atoms with van der Waals surface area (Å²) in [6, 6.07) is 0.265. The predicted molar refractivity (Wildman–Crippen MR) is 57.7 cm³/mol. The highest BCUT2D eigenvalue weighted by Gasteiger charge is 2.26. The molecule has 0 spiro atoms. The van der Waals surface area contributed by atoms with Crippen molar-refractivity contribution in [3.05, 3.63) is 0 Å². The Balaban J connectivity index is 2.27. The van der Waals surface area contributed by atoms with Crippen LogP contribution in [0, 0.1) is 5.92 Å². The molecule has 1 rings (SSSR count). The highest BCUT2D eigenvalue weighted by molar-refractivity contribution is 5.70. The van der Waals surface area contributed by atoms with Gasteiger partial charge in [0.2, 0.25) is 0 Å². The first-order chi connectivity index (χ1) is 7.13. The van der Waals surface area contributed by atoms with Crippen molar-refractivity contribution in [1.82, 2.24) is 5.32 Å². The lowest BCUT2D eigenvalue weighted by molar-refractivity contribution is -0.143. The number of nitrogens with one attached hydrogen (secondary N) is 1. The molecule has 1 fully saturated rings. The normalized spacial score (nSPS) is 28.7. The Bertz CT molecular complexity index is 208. The zero-order chi connectivity index (χ0) is 11.3. The summed E-state index contributed by atoms with van der Waals surface area (Å²) < 4.78 is 0. The molecule has 15 heavy (non-hydrogen) atoms. The van der Waals surface area contributed by atoms with Gasteiger partial charge in [0.05, 0.1) is 12.0 Å². The minimum atomic E-state index is -0.683. The fourth-order valence-electron chi connectivity index (χ4n) is 2.05. The predicted octanol–water partition coefficient (Wildman–Crippen LogP) is 0.990. The van der Waals surface area contributed by atoms with E-state index in [-0.39, 0.29) is 18.1 Å². The van der Waals surface area contributed by atoms with E-state index >= 15 is 0 Å². The summed E-state index contributed by atoms with van der Waals surface area (Å²) in [5.41, 5.74) is 0. The highest BCUT2D eigenvalue weighted by Crippen LogP contribution is 2.24. The summed E-state index contributed by atoms with van der Waals surface area (Å²) in [4.78, 5) is 10.8. The van der Waals surface area contributed by atoms with E-state index in [1.807, 2.05) is 6.92 Å². The molecule has 4 heteroatoms. The smallest absolute Gasteiger partial charge is 0.306 e. The van der Waals surface area contributed by atoms with Gasteiger partial charge >= 0.3 is 5.97 Å². The molecule has 0 aliphatic heterocycles. The van der Waals surface area contributed by atoms with E-state index in [4.69, 9.17) is 5.11 Å². The van der Waals surface area contributed by atoms with Gasteiger partial charge in [0.15, 0.2) is 0 Å². The van der Waals surface area contributed by atoms with Gasteiger partial charge in [-0.25, -0.2) is 0 Å². The zero-order valence-electron chi connectivity index (χ0n) is 9.28. The summed E-state index contributed by atoms with van der Waals surface area (Å²) in [7, 11) is 0. The van der Waals surface area contributed by atoms with Crippen molar-refractivity contribution in [2.75, 3.05) is 6.54 Å². The van der Waals surface area contributed by atoms with E-state index < -0.39 is 5.97 Å². The summed E-state index contributed by atoms with van der Waals surface area (Å²) in [5.74, 6) is -0.882. The van der Waals surface area contributed by atoms with Gasteiger partial charge in [-0.15, -0.1) is 0 Å². The molecule has 0 aromatic rings. The Hall–Kier alpha value is -0.610. The number of hydrogen-bond donors (Lipinski definition) is 3. The van der Waals surface area contributed by atoms with E-state index in [1.54, 1.807) is 0 Å². The van der Waals surface area contributed by atoms with Crippen LogP contribution in [0.1, 0.15) is 39.0 Å². The van der Waals surface area contributed by atoms with Crippen LogP contribution in [0.15, 0.2) is 0 Å². The molecule has 0 amide bonds. The molecule has 0 aromatic carbocycles. The molecule has 0 aromatic heterocycles. The average Bonchev–Trinajstić information content (AvgIpc) is 2.26. The van der Waals surface area contributed by atoms with Gasteiger partial charge < -0.3 is 15.5 Å². The third kappa shape index (κ3) is 4.18. The lowest BCUT2D eigenvalue weighted by Gasteiger charge is -2.28. The fourth-order valence-corrected chi connectivity index (χ4v) is 2.05. The van der Waals surface area contributed by atoms with Gasteiger partial charge in [0, 0.05) is 12.6 Å². The Morgan fingerprint density at radius 3 is 2.87 bits per heavy atom. The lowest BCUT2D eigenvalue weighted by Crippen LogP contribution is -2.40. The Labute approximate surface area is 90.7 Å². The van der Waals surface area contributed by atoms with Crippen molar-refractivity contribution in [2.24, 2.45) is 5.92 Å². The van der Waals surface area contributed by atoms with Crippen LogP contribution in [0.3, 0.4) is 0 Å². The Morgan fingerprint density at radius 1 is 1.53 bits per heavy atom. The summed E-state index contributed by atoms with van der Waals surface area (Å²) in [5, 5.41) is 21.5. The first kappa shape index (κ1) is 12.5. The number of carboxylic acid groups (broad SMARTS) is 1. The van der Waals surface area contributed by atoms with Crippen LogP contribution >= 0.6 is 0 Å². The third-order valence-corrected chi connectivity index (χ3v) is 3.14. The standard InChI is InChI=1S/C11H21NO3/c1-2-10(13)7-12-9-5-3-4-8(6-9)11(14)15/h8-10,12-13H,2-7H2,1H3,(H,14,15). The molecule has 0 heterocycles. The van der Waals surface area contributed by atoms with E-state index in [9.17, 15) is 9.90 Å². The number of aliphatic hydroxyl groups excluding tert-OH is 1. The number of carboxylic acids is 1. The van der Waals surface area contributed by atoms with Gasteiger partial charge in [-0.1, -0.05) is 13.3 Å². The molecular formula is C11H21NO3. The maximum atomic E-state index is 10.8. The maximum Gasteiger partial charge on any atom is 0.306 e. The van der Waals surface area contributed by atoms with E-state index in [0.717, 1.165) is 25.7 Å². The summed E-state index contributed by atoms with van der Waals surface area (Å²) in [6.07, 6.45) is 3.92. The van der Waals surface area contributed by atoms with Crippen molar-refractivity contribution >= 4 is 5.97 Å². The van der Waals surface area contributed by atoms with Crippen molar-refractivity contribution in [1.29, 1.82) is 0 Å². The largest absolute Gasteiger partial charge is 0.481 e. The number of rotatable bonds is 5. The first-order valence-electron chi connectivity index (χ1n) is 5.77. The molecule has 0 bridgehead atoms. The van der Waals surface area contributed by atoms with Crippen LogP contribution in [0.25, 0.3) is 0 Å². The highest BCUT2D eigenvalue weighted by atomic mass is 16.4. The topological polar surface area (TPSA) is 69.6 Å². The van der Waals surface area contributed by atoms with E-state index in [0.29, 0.717) is 13.0 Å². The van der Waals surface area contributed by atoms with E-state index in [2.05, 4.69) is 5.32 Å². The maximum absolute atomic E-state index is 10.8. The van der Waals surface area contributed by atoms with Gasteiger partial charge in [0.1, 0.15) is 0 Å². The van der Waals surface area contributed by atoms with Gasteiger partial charge in [0.25, 0.3) is 0 Å². The molecule has 3 atom stereocenters. The molecule has 3 unspecified atom stereocenters. The molecule has 1 aliphatic carbocycles. The molecule has 3 N–H and O–H groups in total. The Kier molecular flexibility index (Phi) is 5.05. The van der Waals surface area contributed by atoms with Crippen LogP contribution in [0.4, 0.5) is 0 Å². The number of aliphatic hydroxyl groups is 1. The van der Waals surface area contributed by atoms with Crippen molar-refractivity contribution in [3.63, 3.8) is 0 Å². The molecule has 1 aliphatic rings. The number of aliphatic carboxylic acids is 1. The second-order valence-corrected chi connectivity index (χ2v) is 4.37. The van der Waals surface area contributed by atoms with Crippen molar-refractivity contribution in [3.8, 4) is 0 Å². The minimum absolute atomic E-state index is 0.199. The molecule has 4 nitrogen and oxygen atoms in total. The third-order valence-electron chi connectivity index (χ3n) is 3.14. The van der Waals surface area contributed by atoms with Crippen LogP contribution < -0.4 is 5.32 Å². The number of hydrogen-bond acceptors (Lipinski definition) is 3. The zero-order valence-corrected chi connectivity index (χ0v) is 9.28. The van der Waals surface area contributed by atoms with Gasteiger partial charge in [-0.2, -0.15) is 0 Å². The molecule has 88 valence electrons. The minimum Gasteiger partial charge on any atom is -0.481 e. The fraction of sp³-hybridized carbons (Fsp3) is 0.909. The lowest BCUT2D eigenvalue weighted by atomic mass is 9.86. The quantitative estimate of drug-likeness (QED) is 0.639. The monoisotopic (exact) mass is 215 g/mol. The molecule has 0 saturated heterocycles. The second-order valence-electron chi connectivity index (χ2n) is 4.37. The SMILES string of the molecule is CCC(O)CNC1CCCC(C(=O)O)C1. The van der Waals surface area contributed by atoms with Crippen molar-refractivity contribution in [2.45, 2.75) is 51.2 Å². The Morgan fingerprint density at radius 2 is 2.27 bits per heavy atom. The summed E-state index contributed by atoms with van der Waals surface area (Å²) in [6.45, 7) is 2.51. The van der Waals surface area contributed by atoms with Crippen molar-refractivity contribution < 1.29 is 15.0 Å².